The molecule has 96 valence electrons. The molecule has 0 aliphatic carbocycles. The molecule has 18 heavy (non-hydrogen) atoms. The summed E-state index contributed by atoms with van der Waals surface area (Å²) in [6.45, 7) is 1.80. The predicted molar refractivity (Wildman–Crippen MR) is 59.2 cm³/mol. The smallest absolute Gasteiger partial charge is 0.354 e. The molecule has 0 aliphatic heterocycles. The van der Waals surface area contributed by atoms with Gasteiger partial charge in [0.15, 0.2) is 0 Å². The van der Waals surface area contributed by atoms with E-state index in [1.165, 1.54) is 6.07 Å². The third-order valence-electron chi connectivity index (χ3n) is 2.47. The van der Waals surface area contributed by atoms with Gasteiger partial charge in [0.2, 0.25) is 0 Å². The maximum atomic E-state index is 13.1. The monoisotopic (exact) mass is 257 g/mol. The maximum Gasteiger partial charge on any atom is 0.354 e. The summed E-state index contributed by atoms with van der Waals surface area (Å²) >= 11 is 0. The summed E-state index contributed by atoms with van der Waals surface area (Å²) in [5, 5.41) is 0.120. The molecule has 2 aromatic rings. The van der Waals surface area contributed by atoms with Gasteiger partial charge in [0.25, 0.3) is 6.43 Å². The number of ether oxygens (including phenoxy) is 1. The highest BCUT2D eigenvalue weighted by Gasteiger charge is 2.18. The second-order valence-corrected chi connectivity index (χ2v) is 3.66. The van der Waals surface area contributed by atoms with E-state index in [-0.39, 0.29) is 23.2 Å². The molecule has 0 atom stereocenters. The standard InChI is InChI=1S/C12H10F3NO2/c1-2-18-12(17)10-5-7-8(11(14)15)3-6(13)4-9(7)16-10/h3-5,11,16H,2H2,1H3. The molecule has 0 bridgehead atoms. The van der Waals surface area contributed by atoms with Gasteiger partial charge >= 0.3 is 5.97 Å². The second kappa shape index (κ2) is 4.72. The lowest BCUT2D eigenvalue weighted by atomic mass is 10.1. The largest absolute Gasteiger partial charge is 0.461 e. The molecule has 0 fully saturated rings. The molecule has 1 aromatic carbocycles. The second-order valence-electron chi connectivity index (χ2n) is 3.66. The molecule has 0 spiro atoms. The van der Waals surface area contributed by atoms with Gasteiger partial charge in [-0.25, -0.2) is 18.0 Å². The van der Waals surface area contributed by atoms with Crippen molar-refractivity contribution in [1.29, 1.82) is 0 Å². The summed E-state index contributed by atoms with van der Waals surface area (Å²) in [6, 6.07) is 3.06. The van der Waals surface area contributed by atoms with Crippen molar-refractivity contribution in [3.8, 4) is 0 Å². The zero-order valence-corrected chi connectivity index (χ0v) is 9.47. The van der Waals surface area contributed by atoms with Crippen LogP contribution in [0.15, 0.2) is 18.2 Å². The van der Waals surface area contributed by atoms with Gasteiger partial charge in [0, 0.05) is 16.5 Å². The summed E-state index contributed by atoms with van der Waals surface area (Å²) in [5.74, 6) is -1.44. The van der Waals surface area contributed by atoms with Crippen LogP contribution in [-0.2, 0) is 4.74 Å². The number of carbonyl (C=O) groups excluding carboxylic acids is 1. The summed E-state index contributed by atoms with van der Waals surface area (Å²) in [6.07, 6.45) is -2.81. The van der Waals surface area contributed by atoms with E-state index in [1.54, 1.807) is 6.92 Å². The highest BCUT2D eigenvalue weighted by molar-refractivity contribution is 5.96. The molecule has 1 N–H and O–H groups in total. The SMILES string of the molecule is CCOC(=O)c1cc2c(C(F)F)cc(F)cc2[nH]1. The van der Waals surface area contributed by atoms with Crippen LogP contribution in [0.3, 0.4) is 0 Å². The number of carbonyl (C=O) groups is 1. The Labute approximate surface area is 101 Å². The van der Waals surface area contributed by atoms with Crippen molar-refractivity contribution in [2.45, 2.75) is 13.3 Å². The summed E-state index contributed by atoms with van der Waals surface area (Å²) < 4.78 is 43.4. The van der Waals surface area contributed by atoms with Crippen LogP contribution in [0.1, 0.15) is 29.4 Å². The van der Waals surface area contributed by atoms with Crippen LogP contribution in [-0.4, -0.2) is 17.6 Å². The fourth-order valence-corrected chi connectivity index (χ4v) is 1.73. The minimum atomic E-state index is -2.81. The molecule has 0 unspecified atom stereocenters. The fraction of sp³-hybridized carbons (Fsp3) is 0.250. The van der Waals surface area contributed by atoms with Crippen molar-refractivity contribution in [1.82, 2.24) is 4.98 Å². The summed E-state index contributed by atoms with van der Waals surface area (Å²) in [5.41, 5.74) is -0.274. The summed E-state index contributed by atoms with van der Waals surface area (Å²) in [4.78, 5) is 14.0. The molecule has 6 heteroatoms. The number of H-pyrrole nitrogens is 1. The van der Waals surface area contributed by atoms with Gasteiger partial charge in [-0.1, -0.05) is 0 Å². The Morgan fingerprint density at radius 2 is 2.11 bits per heavy atom. The normalized spacial score (nSPS) is 11.2. The van der Waals surface area contributed by atoms with Crippen LogP contribution in [0, 0.1) is 5.82 Å². The first kappa shape index (κ1) is 12.5. The fourth-order valence-electron chi connectivity index (χ4n) is 1.73. The number of nitrogens with one attached hydrogen (secondary N) is 1. The van der Waals surface area contributed by atoms with Crippen molar-refractivity contribution in [3.05, 3.63) is 35.3 Å². The van der Waals surface area contributed by atoms with Crippen LogP contribution in [0.25, 0.3) is 10.9 Å². The van der Waals surface area contributed by atoms with E-state index in [9.17, 15) is 18.0 Å². The number of halogens is 3. The number of esters is 1. The highest BCUT2D eigenvalue weighted by atomic mass is 19.3. The van der Waals surface area contributed by atoms with Gasteiger partial charge in [-0.05, 0) is 25.1 Å². The molecule has 2 rings (SSSR count). The number of rotatable bonds is 3. The van der Waals surface area contributed by atoms with Crippen molar-refractivity contribution in [2.75, 3.05) is 6.61 Å². The van der Waals surface area contributed by atoms with Crippen LogP contribution >= 0.6 is 0 Å². The van der Waals surface area contributed by atoms with Gasteiger partial charge in [0.05, 0.1) is 6.61 Å². The van der Waals surface area contributed by atoms with Gasteiger partial charge < -0.3 is 9.72 Å². The molecule has 0 amide bonds. The number of hydrogen-bond acceptors (Lipinski definition) is 2. The van der Waals surface area contributed by atoms with Gasteiger partial charge in [-0.3, -0.25) is 0 Å². The first-order chi connectivity index (χ1) is 8.52. The van der Waals surface area contributed by atoms with E-state index in [1.807, 2.05) is 0 Å². The highest BCUT2D eigenvalue weighted by Crippen LogP contribution is 2.29. The number of hydrogen-bond donors (Lipinski definition) is 1. The first-order valence-corrected chi connectivity index (χ1v) is 5.30. The Balaban J connectivity index is 2.56. The third-order valence-corrected chi connectivity index (χ3v) is 2.47. The van der Waals surface area contributed by atoms with Gasteiger partial charge in [0.1, 0.15) is 11.5 Å². The number of alkyl halides is 2. The molecule has 0 aliphatic rings. The van der Waals surface area contributed by atoms with E-state index in [0.717, 1.165) is 12.1 Å². The number of aromatic nitrogens is 1. The number of fused-ring (bicyclic) bond motifs is 1. The molecule has 0 radical (unpaired) electrons. The average Bonchev–Trinajstić information content (AvgIpc) is 2.71. The van der Waals surface area contributed by atoms with Gasteiger partial charge in [-0.2, -0.15) is 0 Å². The number of benzene rings is 1. The van der Waals surface area contributed by atoms with Crippen molar-refractivity contribution in [3.63, 3.8) is 0 Å². The van der Waals surface area contributed by atoms with E-state index in [2.05, 4.69) is 4.98 Å². The van der Waals surface area contributed by atoms with E-state index in [0.29, 0.717) is 0 Å². The zero-order chi connectivity index (χ0) is 13.3. The zero-order valence-electron chi connectivity index (χ0n) is 9.47. The Bertz CT molecular complexity index is 592. The van der Waals surface area contributed by atoms with Crippen LogP contribution in [0.5, 0.6) is 0 Å². The molecule has 0 saturated carbocycles. The maximum absolute atomic E-state index is 13.1. The molecular weight excluding hydrogens is 247 g/mol. The third kappa shape index (κ3) is 2.18. The van der Waals surface area contributed by atoms with Crippen LogP contribution in [0.2, 0.25) is 0 Å². The molecule has 3 nitrogen and oxygen atoms in total. The minimum Gasteiger partial charge on any atom is -0.461 e. The molecule has 1 aromatic heterocycles. The van der Waals surface area contributed by atoms with E-state index < -0.39 is 23.8 Å². The Hall–Kier alpha value is -1.98. The Morgan fingerprint density at radius 1 is 1.39 bits per heavy atom. The molecule has 1 heterocycles. The van der Waals surface area contributed by atoms with E-state index >= 15 is 0 Å². The Morgan fingerprint density at radius 3 is 2.72 bits per heavy atom. The lowest BCUT2D eigenvalue weighted by molar-refractivity contribution is 0.0520. The van der Waals surface area contributed by atoms with Gasteiger partial charge in [-0.15, -0.1) is 0 Å². The molecular formula is C12H10F3NO2. The topological polar surface area (TPSA) is 42.1 Å². The van der Waals surface area contributed by atoms with Crippen molar-refractivity contribution >= 4 is 16.9 Å². The molecule has 0 saturated heterocycles. The predicted octanol–water partition coefficient (Wildman–Crippen LogP) is 3.42. The first-order valence-electron chi connectivity index (χ1n) is 5.30. The minimum absolute atomic E-state index is 0.0272. The summed E-state index contributed by atoms with van der Waals surface area (Å²) in [7, 11) is 0. The van der Waals surface area contributed by atoms with Crippen LogP contribution in [0.4, 0.5) is 13.2 Å². The quantitative estimate of drug-likeness (QED) is 0.856. The van der Waals surface area contributed by atoms with Crippen molar-refractivity contribution in [2.24, 2.45) is 0 Å². The number of aromatic amines is 1. The Kier molecular flexibility index (Phi) is 3.27. The lowest BCUT2D eigenvalue weighted by Crippen LogP contribution is -2.04. The van der Waals surface area contributed by atoms with Crippen LogP contribution < -0.4 is 0 Å². The van der Waals surface area contributed by atoms with Crippen molar-refractivity contribution < 1.29 is 22.7 Å². The lowest BCUT2D eigenvalue weighted by Gasteiger charge is -2.01. The average molecular weight is 257 g/mol. The van der Waals surface area contributed by atoms with E-state index in [4.69, 9.17) is 4.74 Å².